The van der Waals surface area contributed by atoms with Gasteiger partial charge >= 0.3 is 0 Å². The summed E-state index contributed by atoms with van der Waals surface area (Å²) in [4.78, 5) is 16.5. The van der Waals surface area contributed by atoms with Crippen LogP contribution in [0.15, 0.2) is 59.2 Å². The fourth-order valence-corrected chi connectivity index (χ4v) is 2.48. The van der Waals surface area contributed by atoms with E-state index >= 15 is 0 Å². The van der Waals surface area contributed by atoms with E-state index in [0.717, 1.165) is 10.9 Å². The number of pyridine rings is 1. The Labute approximate surface area is 135 Å². The van der Waals surface area contributed by atoms with Crippen LogP contribution in [0.4, 0.5) is 5.69 Å². The van der Waals surface area contributed by atoms with Crippen LogP contribution in [0.1, 0.15) is 10.4 Å². The van der Waals surface area contributed by atoms with Gasteiger partial charge in [0.1, 0.15) is 0 Å². The number of rotatable bonds is 2. The van der Waals surface area contributed by atoms with Crippen LogP contribution in [0.2, 0.25) is 5.02 Å². The van der Waals surface area contributed by atoms with Gasteiger partial charge in [-0.3, -0.25) is 9.78 Å². The number of fused-ring (bicyclic) bond motifs is 1. The van der Waals surface area contributed by atoms with E-state index in [1.165, 1.54) is 0 Å². The number of carbonyl (C=O) groups excluding carboxylic acids is 1. The first-order valence-electron chi connectivity index (χ1n) is 6.25. The molecule has 3 nitrogen and oxygen atoms in total. The molecule has 3 aromatic rings. The van der Waals surface area contributed by atoms with E-state index in [1.807, 2.05) is 30.3 Å². The molecule has 1 aromatic heterocycles. The molecule has 3 rings (SSSR count). The first kappa shape index (κ1) is 14.0. The zero-order chi connectivity index (χ0) is 14.8. The van der Waals surface area contributed by atoms with Crippen molar-refractivity contribution in [3.8, 4) is 0 Å². The zero-order valence-electron chi connectivity index (χ0n) is 10.8. The molecular weight excluding hydrogens is 352 g/mol. The third kappa shape index (κ3) is 3.06. The number of carbonyl (C=O) groups is 1. The quantitative estimate of drug-likeness (QED) is 0.705. The Morgan fingerprint density at radius 2 is 1.95 bits per heavy atom. The van der Waals surface area contributed by atoms with Crippen LogP contribution in [0.5, 0.6) is 0 Å². The fourth-order valence-electron chi connectivity index (χ4n) is 1.98. The first-order chi connectivity index (χ1) is 10.1. The number of nitrogens with one attached hydrogen (secondary N) is 1. The Bertz CT molecular complexity index is 835. The molecule has 1 heterocycles. The van der Waals surface area contributed by atoms with Crippen LogP contribution >= 0.6 is 27.5 Å². The maximum absolute atomic E-state index is 12.2. The molecule has 0 bridgehead atoms. The second-order valence-electron chi connectivity index (χ2n) is 4.50. The topological polar surface area (TPSA) is 42.0 Å². The number of hydrogen-bond donors (Lipinski definition) is 1. The summed E-state index contributed by atoms with van der Waals surface area (Å²) in [6.07, 6.45) is 1.64. The highest BCUT2D eigenvalue weighted by Gasteiger charge is 2.09. The van der Waals surface area contributed by atoms with Crippen LogP contribution < -0.4 is 5.32 Å². The highest BCUT2D eigenvalue weighted by atomic mass is 79.9. The maximum atomic E-state index is 12.2. The lowest BCUT2D eigenvalue weighted by Gasteiger charge is -2.07. The summed E-state index contributed by atoms with van der Waals surface area (Å²) in [7, 11) is 0. The van der Waals surface area contributed by atoms with E-state index in [1.54, 1.807) is 24.4 Å². The summed E-state index contributed by atoms with van der Waals surface area (Å²) < 4.78 is 0.688. The first-order valence-corrected chi connectivity index (χ1v) is 7.42. The molecule has 0 aliphatic rings. The molecule has 0 unspecified atom stereocenters. The predicted molar refractivity (Wildman–Crippen MR) is 88.8 cm³/mol. The fraction of sp³-hybridized carbons (Fsp3) is 0. The predicted octanol–water partition coefficient (Wildman–Crippen LogP) is 4.90. The average Bonchev–Trinajstić information content (AvgIpc) is 2.50. The number of anilines is 1. The molecule has 21 heavy (non-hydrogen) atoms. The van der Waals surface area contributed by atoms with Gasteiger partial charge in [0.25, 0.3) is 5.91 Å². The van der Waals surface area contributed by atoms with Gasteiger partial charge in [0.05, 0.1) is 22.4 Å². The minimum atomic E-state index is -0.204. The number of halogens is 2. The third-order valence-corrected chi connectivity index (χ3v) is 4.24. The number of nitrogens with zero attached hydrogens (tertiary/aromatic N) is 1. The molecule has 0 fully saturated rings. The van der Waals surface area contributed by atoms with Crippen molar-refractivity contribution >= 4 is 50.0 Å². The molecular formula is C16H10BrClN2O. The summed E-state index contributed by atoms with van der Waals surface area (Å²) in [6, 6.07) is 14.7. The van der Waals surface area contributed by atoms with Gasteiger partial charge in [0, 0.05) is 15.4 Å². The van der Waals surface area contributed by atoms with E-state index in [-0.39, 0.29) is 5.91 Å². The monoisotopic (exact) mass is 360 g/mol. The van der Waals surface area contributed by atoms with Gasteiger partial charge in [-0.15, -0.1) is 0 Å². The molecule has 2 aromatic carbocycles. The molecule has 1 N–H and O–H groups in total. The van der Waals surface area contributed by atoms with Crippen molar-refractivity contribution in [3.05, 3.63) is 69.8 Å². The van der Waals surface area contributed by atoms with Crippen molar-refractivity contribution in [1.29, 1.82) is 0 Å². The highest BCUT2D eigenvalue weighted by molar-refractivity contribution is 9.10. The molecule has 0 radical (unpaired) electrons. The van der Waals surface area contributed by atoms with Crippen molar-refractivity contribution < 1.29 is 4.79 Å². The molecule has 104 valence electrons. The molecule has 5 heteroatoms. The van der Waals surface area contributed by atoms with Crippen molar-refractivity contribution in [2.45, 2.75) is 0 Å². The van der Waals surface area contributed by atoms with Crippen LogP contribution in [-0.4, -0.2) is 10.9 Å². The minimum Gasteiger partial charge on any atom is -0.321 e. The van der Waals surface area contributed by atoms with Gasteiger partial charge in [-0.05, 0) is 46.3 Å². The van der Waals surface area contributed by atoms with Crippen molar-refractivity contribution in [3.63, 3.8) is 0 Å². The molecule has 0 spiro atoms. The zero-order valence-corrected chi connectivity index (χ0v) is 13.1. The molecule has 0 aliphatic carbocycles. The third-order valence-electron chi connectivity index (χ3n) is 3.03. The number of hydrogen-bond acceptors (Lipinski definition) is 2. The van der Waals surface area contributed by atoms with Crippen molar-refractivity contribution in [2.24, 2.45) is 0 Å². The summed E-state index contributed by atoms with van der Waals surface area (Å²) in [6.45, 7) is 0. The van der Waals surface area contributed by atoms with E-state index in [2.05, 4.69) is 26.2 Å². The van der Waals surface area contributed by atoms with Gasteiger partial charge in [-0.25, -0.2) is 0 Å². The number of para-hydroxylation sites is 1. The van der Waals surface area contributed by atoms with Crippen LogP contribution in [0.3, 0.4) is 0 Å². The van der Waals surface area contributed by atoms with Gasteiger partial charge in [-0.2, -0.15) is 0 Å². The van der Waals surface area contributed by atoms with E-state index in [0.29, 0.717) is 20.7 Å². The lowest BCUT2D eigenvalue weighted by molar-refractivity contribution is 0.102. The number of benzene rings is 2. The molecule has 0 aliphatic heterocycles. The summed E-state index contributed by atoms with van der Waals surface area (Å²) in [5, 5.41) is 4.38. The second-order valence-corrected chi connectivity index (χ2v) is 5.76. The summed E-state index contributed by atoms with van der Waals surface area (Å²) in [5.41, 5.74) is 2.08. The molecule has 0 saturated carbocycles. The minimum absolute atomic E-state index is 0.204. The lowest BCUT2D eigenvalue weighted by Crippen LogP contribution is -2.12. The SMILES string of the molecule is O=C(Nc1cnc2ccccc2c1)c1ccc(Cl)c(Br)c1. The van der Waals surface area contributed by atoms with E-state index < -0.39 is 0 Å². The Hall–Kier alpha value is -1.91. The van der Waals surface area contributed by atoms with Crippen LogP contribution in [0.25, 0.3) is 10.9 Å². The standard InChI is InChI=1S/C16H10BrClN2O/c17-13-8-11(5-6-14(13)18)16(21)20-12-7-10-3-1-2-4-15(10)19-9-12/h1-9H,(H,20,21). The average molecular weight is 362 g/mol. The van der Waals surface area contributed by atoms with E-state index in [9.17, 15) is 4.79 Å². The second kappa shape index (κ2) is 5.84. The Kier molecular flexibility index (Phi) is 3.90. The van der Waals surface area contributed by atoms with Crippen LogP contribution in [-0.2, 0) is 0 Å². The van der Waals surface area contributed by atoms with E-state index in [4.69, 9.17) is 11.6 Å². The van der Waals surface area contributed by atoms with Gasteiger partial charge in [-0.1, -0.05) is 29.8 Å². The normalized spacial score (nSPS) is 10.6. The Balaban J connectivity index is 1.87. The van der Waals surface area contributed by atoms with Crippen molar-refractivity contribution in [2.75, 3.05) is 5.32 Å². The highest BCUT2D eigenvalue weighted by Crippen LogP contribution is 2.24. The van der Waals surface area contributed by atoms with Crippen molar-refractivity contribution in [1.82, 2.24) is 4.98 Å². The maximum Gasteiger partial charge on any atom is 0.255 e. The Morgan fingerprint density at radius 1 is 1.14 bits per heavy atom. The largest absolute Gasteiger partial charge is 0.321 e. The van der Waals surface area contributed by atoms with Gasteiger partial charge < -0.3 is 5.32 Å². The summed E-state index contributed by atoms with van der Waals surface area (Å²) >= 11 is 9.23. The molecule has 0 saturated heterocycles. The summed E-state index contributed by atoms with van der Waals surface area (Å²) in [5.74, 6) is -0.204. The molecule has 0 atom stereocenters. The Morgan fingerprint density at radius 3 is 2.76 bits per heavy atom. The number of aromatic nitrogens is 1. The molecule has 1 amide bonds. The van der Waals surface area contributed by atoms with Gasteiger partial charge in [0.2, 0.25) is 0 Å². The van der Waals surface area contributed by atoms with Gasteiger partial charge in [0.15, 0.2) is 0 Å². The van der Waals surface area contributed by atoms with Crippen LogP contribution in [0, 0.1) is 0 Å². The lowest BCUT2D eigenvalue weighted by atomic mass is 10.2. The number of amides is 1. The smallest absolute Gasteiger partial charge is 0.255 e.